The Kier molecular flexibility index (Phi) is 4.57. The molecule has 0 bridgehead atoms. The summed E-state index contributed by atoms with van der Waals surface area (Å²) in [6.45, 7) is 0. The smallest absolute Gasteiger partial charge is 0.0865 e. The molecule has 6 heteroatoms. The fraction of sp³-hybridized carbons (Fsp3) is 0. The molecule has 2 aromatic carbocycles. The average Bonchev–Trinajstić information content (AvgIpc) is 2.34. The Labute approximate surface area is 127 Å². The molecule has 0 aliphatic carbocycles. The third kappa shape index (κ3) is 3.01. The molecule has 0 aliphatic heterocycles. The highest BCUT2D eigenvalue weighted by atomic mass is 35.5. The molecule has 0 unspecified atom stereocenters. The van der Waals surface area contributed by atoms with E-state index < -0.39 is 10.8 Å². The van der Waals surface area contributed by atoms with Gasteiger partial charge in [-0.2, -0.15) is 0 Å². The van der Waals surface area contributed by atoms with Crippen molar-refractivity contribution in [2.75, 3.05) is 0 Å². The van der Waals surface area contributed by atoms with E-state index in [9.17, 15) is 4.21 Å². The van der Waals surface area contributed by atoms with Crippen molar-refractivity contribution in [1.82, 2.24) is 0 Å². The SMILES string of the molecule is O=[S@@](c1ccc(Cl)cc1)c1cc(Cl)c(Cl)cc1Cl. The van der Waals surface area contributed by atoms with Crippen LogP contribution >= 0.6 is 46.4 Å². The maximum absolute atomic E-state index is 12.3. The first-order valence-electron chi connectivity index (χ1n) is 4.81. The standard InChI is InChI=1S/C12H6Cl4OS/c13-7-1-3-8(4-2-7)18(17)12-6-10(15)9(14)5-11(12)16/h1-6H/t18-/m0/s1. The van der Waals surface area contributed by atoms with Gasteiger partial charge in [-0.25, -0.2) is 4.21 Å². The Morgan fingerprint density at radius 2 is 1.33 bits per heavy atom. The topological polar surface area (TPSA) is 17.1 Å². The first-order chi connectivity index (χ1) is 8.49. The van der Waals surface area contributed by atoms with Crippen LogP contribution in [0, 0.1) is 0 Å². The van der Waals surface area contributed by atoms with Gasteiger partial charge in [-0.3, -0.25) is 0 Å². The fourth-order valence-electron chi connectivity index (χ4n) is 1.33. The molecule has 0 saturated carbocycles. The van der Waals surface area contributed by atoms with Gasteiger partial charge in [0.05, 0.1) is 30.8 Å². The quantitative estimate of drug-likeness (QED) is 0.663. The van der Waals surface area contributed by atoms with E-state index in [1.165, 1.54) is 12.1 Å². The molecular formula is C12H6Cl4OS. The summed E-state index contributed by atoms with van der Waals surface area (Å²) >= 11 is 23.5. The number of rotatable bonds is 2. The lowest BCUT2D eigenvalue weighted by molar-refractivity contribution is 0.683. The van der Waals surface area contributed by atoms with Crippen LogP contribution in [0.2, 0.25) is 20.1 Å². The Hall–Kier alpha value is -0.250. The molecular weight excluding hydrogens is 334 g/mol. The highest BCUT2D eigenvalue weighted by Gasteiger charge is 2.14. The minimum Gasteiger partial charge on any atom is -0.249 e. The van der Waals surface area contributed by atoms with Gasteiger partial charge in [-0.05, 0) is 36.4 Å². The van der Waals surface area contributed by atoms with E-state index in [1.54, 1.807) is 24.3 Å². The van der Waals surface area contributed by atoms with Gasteiger partial charge in [0.25, 0.3) is 0 Å². The average molecular weight is 340 g/mol. The van der Waals surface area contributed by atoms with Crippen molar-refractivity contribution >= 4 is 57.2 Å². The fourth-order valence-corrected chi connectivity index (χ4v) is 3.38. The summed E-state index contributed by atoms with van der Waals surface area (Å²) in [6.07, 6.45) is 0. The molecule has 0 aromatic heterocycles. The minimum absolute atomic E-state index is 0.317. The Balaban J connectivity index is 2.46. The van der Waals surface area contributed by atoms with Crippen molar-refractivity contribution in [2.24, 2.45) is 0 Å². The van der Waals surface area contributed by atoms with E-state index in [-0.39, 0.29) is 0 Å². The summed E-state index contributed by atoms with van der Waals surface area (Å²) in [5, 5.41) is 1.55. The molecule has 94 valence electrons. The second-order valence-electron chi connectivity index (χ2n) is 3.42. The van der Waals surface area contributed by atoms with Crippen LogP contribution in [0.5, 0.6) is 0 Å². The van der Waals surface area contributed by atoms with Crippen LogP contribution < -0.4 is 0 Å². The summed E-state index contributed by atoms with van der Waals surface area (Å²) in [7, 11) is -1.42. The first kappa shape index (κ1) is 14.2. The van der Waals surface area contributed by atoms with Crippen LogP contribution in [0.25, 0.3) is 0 Å². The Morgan fingerprint density at radius 3 is 1.94 bits per heavy atom. The van der Waals surface area contributed by atoms with E-state index in [0.717, 1.165) is 0 Å². The lowest BCUT2D eigenvalue weighted by Crippen LogP contribution is -1.94. The summed E-state index contributed by atoms with van der Waals surface area (Å²) in [5.41, 5.74) is 0. The zero-order valence-corrected chi connectivity index (χ0v) is 12.6. The molecule has 0 saturated heterocycles. The molecule has 1 atom stereocenters. The van der Waals surface area contributed by atoms with Gasteiger partial charge < -0.3 is 0 Å². The summed E-state index contributed by atoms with van der Waals surface area (Å²) in [4.78, 5) is 1.02. The summed E-state index contributed by atoms with van der Waals surface area (Å²) < 4.78 is 12.3. The molecule has 0 N–H and O–H groups in total. The zero-order valence-electron chi connectivity index (χ0n) is 8.79. The van der Waals surface area contributed by atoms with E-state index in [4.69, 9.17) is 46.4 Å². The molecule has 0 heterocycles. The zero-order chi connectivity index (χ0) is 13.3. The number of benzene rings is 2. The Bertz CT molecular complexity index is 610. The minimum atomic E-state index is -1.42. The second-order valence-corrected chi connectivity index (χ2v) is 6.53. The summed E-state index contributed by atoms with van der Waals surface area (Å²) in [5.74, 6) is 0. The van der Waals surface area contributed by atoms with Gasteiger partial charge in [-0.15, -0.1) is 0 Å². The van der Waals surface area contributed by atoms with Crippen molar-refractivity contribution in [3.8, 4) is 0 Å². The number of halogens is 4. The van der Waals surface area contributed by atoms with E-state index in [0.29, 0.717) is 29.9 Å². The van der Waals surface area contributed by atoms with Crippen LogP contribution in [0.15, 0.2) is 46.2 Å². The number of hydrogen-bond acceptors (Lipinski definition) is 1. The normalized spacial score (nSPS) is 12.4. The lowest BCUT2D eigenvalue weighted by Gasteiger charge is -2.06. The third-order valence-corrected chi connectivity index (χ3v) is 5.04. The molecule has 1 nitrogen and oxygen atoms in total. The van der Waals surface area contributed by atoms with Gasteiger partial charge in [0.2, 0.25) is 0 Å². The highest BCUT2D eigenvalue weighted by Crippen LogP contribution is 2.32. The molecule has 18 heavy (non-hydrogen) atoms. The highest BCUT2D eigenvalue weighted by molar-refractivity contribution is 7.85. The largest absolute Gasteiger partial charge is 0.249 e. The monoisotopic (exact) mass is 338 g/mol. The maximum Gasteiger partial charge on any atom is 0.0865 e. The predicted octanol–water partition coefficient (Wildman–Crippen LogP) is 5.47. The van der Waals surface area contributed by atoms with Gasteiger partial charge in [0.15, 0.2) is 0 Å². The molecule has 0 radical (unpaired) electrons. The molecule has 0 amide bonds. The van der Waals surface area contributed by atoms with Crippen LogP contribution in [0.1, 0.15) is 0 Å². The Morgan fingerprint density at radius 1 is 0.778 bits per heavy atom. The molecule has 2 rings (SSSR count). The van der Waals surface area contributed by atoms with E-state index >= 15 is 0 Å². The van der Waals surface area contributed by atoms with Gasteiger partial charge in [0, 0.05) is 9.92 Å². The van der Waals surface area contributed by atoms with Crippen molar-refractivity contribution in [1.29, 1.82) is 0 Å². The van der Waals surface area contributed by atoms with Crippen molar-refractivity contribution in [3.05, 3.63) is 56.5 Å². The molecule has 0 fully saturated rings. The number of hydrogen-bond donors (Lipinski definition) is 0. The third-order valence-electron chi connectivity index (χ3n) is 2.20. The van der Waals surface area contributed by atoms with Crippen molar-refractivity contribution in [2.45, 2.75) is 9.79 Å². The molecule has 0 spiro atoms. The summed E-state index contributed by atoms with van der Waals surface area (Å²) in [6, 6.07) is 9.68. The van der Waals surface area contributed by atoms with E-state index in [2.05, 4.69) is 0 Å². The van der Waals surface area contributed by atoms with Crippen LogP contribution in [-0.4, -0.2) is 4.21 Å². The van der Waals surface area contributed by atoms with Crippen molar-refractivity contribution in [3.63, 3.8) is 0 Å². The maximum atomic E-state index is 12.3. The molecule has 0 aliphatic rings. The van der Waals surface area contributed by atoms with E-state index in [1.807, 2.05) is 0 Å². The van der Waals surface area contributed by atoms with Gasteiger partial charge in [-0.1, -0.05) is 46.4 Å². The van der Waals surface area contributed by atoms with Gasteiger partial charge >= 0.3 is 0 Å². The second kappa shape index (κ2) is 5.81. The van der Waals surface area contributed by atoms with Crippen LogP contribution in [-0.2, 0) is 10.8 Å². The van der Waals surface area contributed by atoms with Crippen molar-refractivity contribution < 1.29 is 4.21 Å². The predicted molar refractivity (Wildman–Crippen MR) is 77.6 cm³/mol. The van der Waals surface area contributed by atoms with Crippen LogP contribution in [0.3, 0.4) is 0 Å². The first-order valence-corrected chi connectivity index (χ1v) is 7.47. The van der Waals surface area contributed by atoms with Gasteiger partial charge in [0.1, 0.15) is 0 Å². The molecule has 2 aromatic rings. The van der Waals surface area contributed by atoms with Crippen LogP contribution in [0.4, 0.5) is 0 Å². The lowest BCUT2D eigenvalue weighted by atomic mass is 10.3.